The van der Waals surface area contributed by atoms with Crippen LogP contribution in [-0.4, -0.2) is 70.2 Å². The smallest absolute Gasteiger partial charge is 0.325 e. The molecule has 9 heteroatoms. The maximum Gasteiger partial charge on any atom is 0.325 e. The van der Waals surface area contributed by atoms with Gasteiger partial charge in [0.1, 0.15) is 6.04 Å². The lowest BCUT2D eigenvalue weighted by atomic mass is 10.1. The maximum absolute atomic E-state index is 11.6. The van der Waals surface area contributed by atoms with E-state index in [9.17, 15) is 13.2 Å². The van der Waals surface area contributed by atoms with E-state index < -0.39 is 28.1 Å². The van der Waals surface area contributed by atoms with Crippen LogP contribution in [-0.2, 0) is 29.0 Å². The van der Waals surface area contributed by atoms with Gasteiger partial charge >= 0.3 is 5.97 Å². The number of esters is 1. The molecular formula is C15H32N2O6S. The van der Waals surface area contributed by atoms with E-state index in [0.29, 0.717) is 0 Å². The van der Waals surface area contributed by atoms with E-state index in [1.165, 1.54) is 11.4 Å². The van der Waals surface area contributed by atoms with E-state index in [2.05, 4.69) is 0 Å². The Morgan fingerprint density at radius 2 is 1.83 bits per heavy atom. The standard InChI is InChI=1S/C15H32N2O6S/c1-7-12(4)23-13(8-17(5)24(6,19)20)9-21-10-22-15(18)14(16)11(2)3/h11-14H,7-10,16H2,1-6H3/t12-,13-,14-/m0/s1. The van der Waals surface area contributed by atoms with Gasteiger partial charge in [0.05, 0.1) is 25.1 Å². The molecule has 0 aliphatic heterocycles. The summed E-state index contributed by atoms with van der Waals surface area (Å²) in [5, 5.41) is 0. The monoisotopic (exact) mass is 368 g/mol. The molecule has 0 spiro atoms. The van der Waals surface area contributed by atoms with Gasteiger partial charge in [-0.1, -0.05) is 20.8 Å². The van der Waals surface area contributed by atoms with Crippen molar-refractivity contribution in [1.82, 2.24) is 4.31 Å². The molecule has 0 aliphatic rings. The van der Waals surface area contributed by atoms with Crippen molar-refractivity contribution in [3.8, 4) is 0 Å². The first-order chi connectivity index (χ1) is 11.0. The Labute approximate surface area is 145 Å². The first kappa shape index (κ1) is 23.3. The minimum Gasteiger partial charge on any atom is -0.437 e. The summed E-state index contributed by atoms with van der Waals surface area (Å²) in [6.07, 6.45) is 1.42. The SMILES string of the molecule is CC[C@H](C)O[C@H](COCOC(=O)[C@@H](N)C(C)C)CN(C)S(C)(=O)=O. The highest BCUT2D eigenvalue weighted by atomic mass is 32.2. The zero-order valence-electron chi connectivity index (χ0n) is 15.5. The van der Waals surface area contributed by atoms with Crippen LogP contribution >= 0.6 is 0 Å². The number of nitrogens with zero attached hydrogens (tertiary/aromatic N) is 1. The molecule has 0 heterocycles. The minimum absolute atomic E-state index is 0.0256. The van der Waals surface area contributed by atoms with E-state index in [1.807, 2.05) is 27.7 Å². The number of hydrogen-bond donors (Lipinski definition) is 1. The largest absolute Gasteiger partial charge is 0.437 e. The Balaban J connectivity index is 4.43. The van der Waals surface area contributed by atoms with Crippen LogP contribution in [0.25, 0.3) is 0 Å². The highest BCUT2D eigenvalue weighted by Crippen LogP contribution is 2.07. The van der Waals surface area contributed by atoms with Crippen molar-refractivity contribution in [3.05, 3.63) is 0 Å². The molecule has 0 amide bonds. The second-order valence-electron chi connectivity index (χ2n) is 6.24. The molecule has 0 saturated carbocycles. The average molecular weight is 368 g/mol. The van der Waals surface area contributed by atoms with Crippen molar-refractivity contribution in [1.29, 1.82) is 0 Å². The Morgan fingerprint density at radius 1 is 1.25 bits per heavy atom. The van der Waals surface area contributed by atoms with Crippen LogP contribution in [0.1, 0.15) is 34.1 Å². The summed E-state index contributed by atoms with van der Waals surface area (Å²) >= 11 is 0. The van der Waals surface area contributed by atoms with Crippen molar-refractivity contribution < 1.29 is 27.4 Å². The number of carbonyl (C=O) groups excluding carboxylic acids is 1. The Kier molecular flexibility index (Phi) is 10.6. The van der Waals surface area contributed by atoms with Crippen molar-refractivity contribution in [2.45, 2.75) is 52.4 Å². The summed E-state index contributed by atoms with van der Waals surface area (Å²) in [7, 11) is -1.83. The molecule has 0 saturated heterocycles. The van der Waals surface area contributed by atoms with Gasteiger partial charge in [-0.3, -0.25) is 4.79 Å². The fraction of sp³-hybridized carbons (Fsp3) is 0.933. The van der Waals surface area contributed by atoms with Gasteiger partial charge in [0.25, 0.3) is 0 Å². The molecule has 0 aromatic carbocycles. The lowest BCUT2D eigenvalue weighted by molar-refractivity contribution is -0.163. The molecular weight excluding hydrogens is 336 g/mol. The molecule has 0 aromatic heterocycles. The third kappa shape index (κ3) is 9.53. The van der Waals surface area contributed by atoms with E-state index in [4.69, 9.17) is 19.9 Å². The molecule has 0 aromatic rings. The molecule has 0 fully saturated rings. The van der Waals surface area contributed by atoms with Gasteiger partial charge in [-0.25, -0.2) is 12.7 Å². The molecule has 24 heavy (non-hydrogen) atoms. The van der Waals surface area contributed by atoms with Gasteiger partial charge in [-0.15, -0.1) is 0 Å². The van der Waals surface area contributed by atoms with Gasteiger partial charge in [0.15, 0.2) is 6.79 Å². The second-order valence-corrected chi connectivity index (χ2v) is 8.33. The van der Waals surface area contributed by atoms with E-state index in [-0.39, 0.29) is 32.0 Å². The Bertz CT molecular complexity index is 469. The lowest BCUT2D eigenvalue weighted by Gasteiger charge is -2.25. The summed E-state index contributed by atoms with van der Waals surface area (Å²) in [4.78, 5) is 11.6. The van der Waals surface area contributed by atoms with E-state index >= 15 is 0 Å². The predicted molar refractivity (Wildman–Crippen MR) is 91.8 cm³/mol. The number of ether oxygens (including phenoxy) is 3. The van der Waals surface area contributed by atoms with Crippen LogP contribution in [0, 0.1) is 5.92 Å². The number of rotatable bonds is 12. The molecule has 0 bridgehead atoms. The van der Waals surface area contributed by atoms with Crippen LogP contribution in [0.15, 0.2) is 0 Å². The Morgan fingerprint density at radius 3 is 2.29 bits per heavy atom. The normalized spacial score (nSPS) is 16.2. The predicted octanol–water partition coefficient (Wildman–Crippen LogP) is 0.562. The fourth-order valence-corrected chi connectivity index (χ4v) is 2.07. The summed E-state index contributed by atoms with van der Waals surface area (Å²) in [5.74, 6) is -0.556. The van der Waals surface area contributed by atoms with Crippen LogP contribution < -0.4 is 5.73 Å². The van der Waals surface area contributed by atoms with Gasteiger partial charge in [0, 0.05) is 13.6 Å². The molecule has 3 atom stereocenters. The highest BCUT2D eigenvalue weighted by molar-refractivity contribution is 7.88. The van der Waals surface area contributed by atoms with Crippen LogP contribution in [0.3, 0.4) is 0 Å². The molecule has 0 aliphatic carbocycles. The number of hydrogen-bond acceptors (Lipinski definition) is 7. The van der Waals surface area contributed by atoms with Crippen LogP contribution in [0.5, 0.6) is 0 Å². The molecule has 144 valence electrons. The fourth-order valence-electron chi connectivity index (χ4n) is 1.63. The van der Waals surface area contributed by atoms with Crippen molar-refractivity contribution >= 4 is 16.0 Å². The number of carbonyl (C=O) groups is 1. The molecule has 0 unspecified atom stereocenters. The minimum atomic E-state index is -3.31. The van der Waals surface area contributed by atoms with Crippen molar-refractivity contribution in [2.24, 2.45) is 11.7 Å². The number of likely N-dealkylation sites (N-methyl/N-ethyl adjacent to an activating group) is 1. The van der Waals surface area contributed by atoms with Gasteiger partial charge < -0.3 is 19.9 Å². The van der Waals surface area contributed by atoms with Crippen LogP contribution in [0.2, 0.25) is 0 Å². The quantitative estimate of drug-likeness (QED) is 0.305. The second kappa shape index (κ2) is 11.0. The van der Waals surface area contributed by atoms with Crippen LogP contribution in [0.4, 0.5) is 0 Å². The summed E-state index contributed by atoms with van der Waals surface area (Å²) in [6.45, 7) is 7.53. The molecule has 0 rings (SSSR count). The topological polar surface area (TPSA) is 108 Å². The first-order valence-corrected chi connectivity index (χ1v) is 9.90. The third-order valence-electron chi connectivity index (χ3n) is 3.61. The molecule has 8 nitrogen and oxygen atoms in total. The highest BCUT2D eigenvalue weighted by Gasteiger charge is 2.21. The third-order valence-corrected chi connectivity index (χ3v) is 4.89. The van der Waals surface area contributed by atoms with Crippen molar-refractivity contribution in [3.63, 3.8) is 0 Å². The van der Waals surface area contributed by atoms with Gasteiger partial charge in [0.2, 0.25) is 10.0 Å². The molecule has 2 N–H and O–H groups in total. The zero-order valence-corrected chi connectivity index (χ0v) is 16.3. The van der Waals surface area contributed by atoms with Crippen molar-refractivity contribution in [2.75, 3.05) is 33.2 Å². The zero-order chi connectivity index (χ0) is 18.9. The van der Waals surface area contributed by atoms with E-state index in [1.54, 1.807) is 0 Å². The maximum atomic E-state index is 11.6. The first-order valence-electron chi connectivity index (χ1n) is 8.05. The molecule has 0 radical (unpaired) electrons. The number of nitrogens with two attached hydrogens (primary N) is 1. The average Bonchev–Trinajstić information content (AvgIpc) is 2.48. The number of sulfonamides is 1. The summed E-state index contributed by atoms with van der Waals surface area (Å²) in [6, 6.07) is -0.697. The van der Waals surface area contributed by atoms with Gasteiger partial charge in [-0.2, -0.15) is 0 Å². The summed E-state index contributed by atoms with van der Waals surface area (Å²) < 4.78 is 40.3. The van der Waals surface area contributed by atoms with Gasteiger partial charge in [-0.05, 0) is 19.3 Å². The lowest BCUT2D eigenvalue weighted by Crippen LogP contribution is -2.40. The van der Waals surface area contributed by atoms with E-state index in [0.717, 1.165) is 12.7 Å². The summed E-state index contributed by atoms with van der Waals surface area (Å²) in [5.41, 5.74) is 5.67. The Hall–Kier alpha value is -0.740.